The van der Waals surface area contributed by atoms with Crippen molar-refractivity contribution < 1.29 is 0 Å². The van der Waals surface area contributed by atoms with Gasteiger partial charge in [-0.3, -0.25) is 4.90 Å². The number of likely N-dealkylation sites (N-methyl/N-ethyl adjacent to an activating group) is 1. The molecule has 4 heteroatoms. The summed E-state index contributed by atoms with van der Waals surface area (Å²) in [7, 11) is 4.34. The van der Waals surface area contributed by atoms with Crippen molar-refractivity contribution in [1.82, 2.24) is 19.6 Å². The van der Waals surface area contributed by atoms with Gasteiger partial charge in [-0.25, -0.2) is 0 Å². The number of hydrogen-bond acceptors (Lipinski definition) is 4. The van der Waals surface area contributed by atoms with Crippen LogP contribution < -0.4 is 0 Å². The smallest absolute Gasteiger partial charge is 0.0113 e. The third kappa shape index (κ3) is 7.97. The first-order valence-electron chi connectivity index (χ1n) is 9.88. The topological polar surface area (TPSA) is 13.0 Å². The van der Waals surface area contributed by atoms with Gasteiger partial charge in [0.05, 0.1) is 0 Å². The van der Waals surface area contributed by atoms with E-state index < -0.39 is 0 Å². The molecule has 0 bridgehead atoms. The maximum atomic E-state index is 2.71. The van der Waals surface area contributed by atoms with E-state index in [1.807, 2.05) is 13.8 Å². The molecule has 2 saturated heterocycles. The van der Waals surface area contributed by atoms with Gasteiger partial charge in [-0.2, -0.15) is 0 Å². The molecule has 0 unspecified atom stereocenters. The van der Waals surface area contributed by atoms with Gasteiger partial charge in [-0.15, -0.1) is 0 Å². The van der Waals surface area contributed by atoms with Crippen LogP contribution in [-0.4, -0.2) is 98.6 Å². The fourth-order valence-electron chi connectivity index (χ4n) is 3.56. The summed E-state index contributed by atoms with van der Waals surface area (Å²) in [6.45, 7) is 20.1. The molecule has 0 aromatic rings. The Bertz CT molecular complexity index is 277. The molecule has 0 aromatic heterocycles. The summed E-state index contributed by atoms with van der Waals surface area (Å²) in [6.07, 6.45) is 2.80. The highest BCUT2D eigenvalue weighted by Crippen LogP contribution is 2.19. The first-order valence-corrected chi connectivity index (χ1v) is 9.88. The van der Waals surface area contributed by atoms with Crippen molar-refractivity contribution in [1.29, 1.82) is 0 Å². The summed E-state index contributed by atoms with van der Waals surface area (Å²) in [4.78, 5) is 10.3. The van der Waals surface area contributed by atoms with Crippen LogP contribution in [0.3, 0.4) is 0 Å². The maximum absolute atomic E-state index is 2.71. The van der Waals surface area contributed by atoms with Crippen molar-refractivity contribution in [3.8, 4) is 0 Å². The third-order valence-electron chi connectivity index (χ3n) is 5.22. The van der Waals surface area contributed by atoms with E-state index >= 15 is 0 Å². The van der Waals surface area contributed by atoms with Crippen molar-refractivity contribution in [2.75, 3.05) is 73.0 Å². The summed E-state index contributed by atoms with van der Waals surface area (Å²) in [5, 5.41) is 0. The van der Waals surface area contributed by atoms with Crippen LogP contribution in [0.2, 0.25) is 0 Å². The van der Waals surface area contributed by atoms with Gasteiger partial charge in [0.25, 0.3) is 0 Å². The molecule has 23 heavy (non-hydrogen) atoms. The highest BCUT2D eigenvalue weighted by atomic mass is 15.3. The zero-order valence-electron chi connectivity index (χ0n) is 16.7. The molecule has 2 aliphatic rings. The number of piperidine rings is 1. The van der Waals surface area contributed by atoms with Gasteiger partial charge in [0.15, 0.2) is 0 Å². The molecule has 0 N–H and O–H groups in total. The molecule has 4 nitrogen and oxygen atoms in total. The van der Waals surface area contributed by atoms with Crippen molar-refractivity contribution in [3.63, 3.8) is 0 Å². The van der Waals surface area contributed by atoms with Crippen LogP contribution in [0.15, 0.2) is 0 Å². The number of likely N-dealkylation sites (tertiary alicyclic amines) is 1. The Balaban J connectivity index is 0.00000127. The van der Waals surface area contributed by atoms with E-state index in [4.69, 9.17) is 0 Å². The Kier molecular flexibility index (Phi) is 10.4. The predicted octanol–water partition coefficient (Wildman–Crippen LogP) is 2.31. The van der Waals surface area contributed by atoms with Crippen LogP contribution in [0.4, 0.5) is 0 Å². The second kappa shape index (κ2) is 11.4. The van der Waals surface area contributed by atoms with Crippen LogP contribution in [0.1, 0.15) is 40.5 Å². The second-order valence-electron chi connectivity index (χ2n) is 7.52. The normalized spacial score (nSPS) is 22.4. The Morgan fingerprint density at radius 1 is 0.870 bits per heavy atom. The minimum atomic E-state index is 0.715. The lowest BCUT2D eigenvalue weighted by atomic mass is 9.96. The monoisotopic (exact) mass is 326 g/mol. The summed E-state index contributed by atoms with van der Waals surface area (Å²) >= 11 is 0. The molecule has 0 saturated carbocycles. The largest absolute Gasteiger partial charge is 0.308 e. The van der Waals surface area contributed by atoms with Crippen molar-refractivity contribution in [2.45, 2.75) is 46.6 Å². The highest BCUT2D eigenvalue weighted by molar-refractivity contribution is 4.79. The average molecular weight is 327 g/mol. The highest BCUT2D eigenvalue weighted by Gasteiger charge is 2.24. The fraction of sp³-hybridized carbons (Fsp3) is 1.00. The third-order valence-corrected chi connectivity index (χ3v) is 5.22. The summed E-state index contributed by atoms with van der Waals surface area (Å²) in [6, 6.07) is 0.715. The number of nitrogens with zero attached hydrogens (tertiary/aromatic N) is 4. The molecular formula is C19H42N4. The number of hydrogen-bond donors (Lipinski definition) is 0. The molecule has 0 atom stereocenters. The SMILES string of the molecule is CC.CC(C)N1CCN(CC2CCN(CCN(C)C)CC2)CC1. The minimum absolute atomic E-state index is 0.715. The standard InChI is InChI=1S/C17H36N4.C2H6/c1-16(2)21-13-11-20(12-14-21)15-17-5-7-19(8-6-17)10-9-18(3)4;1-2/h16-17H,5-15H2,1-4H3;1-2H3. The van der Waals surface area contributed by atoms with E-state index in [-0.39, 0.29) is 0 Å². The van der Waals surface area contributed by atoms with E-state index in [0.29, 0.717) is 6.04 Å². The summed E-state index contributed by atoms with van der Waals surface area (Å²) < 4.78 is 0. The molecule has 0 aliphatic carbocycles. The predicted molar refractivity (Wildman–Crippen MR) is 102 cm³/mol. The van der Waals surface area contributed by atoms with Gasteiger partial charge in [0, 0.05) is 51.9 Å². The van der Waals surface area contributed by atoms with Crippen LogP contribution in [0.5, 0.6) is 0 Å². The molecule has 2 heterocycles. The quantitative estimate of drug-likeness (QED) is 0.742. The minimum Gasteiger partial charge on any atom is -0.308 e. The Morgan fingerprint density at radius 2 is 1.43 bits per heavy atom. The molecule has 0 spiro atoms. The molecule has 2 aliphatic heterocycles. The molecule has 2 fully saturated rings. The van der Waals surface area contributed by atoms with Crippen molar-refractivity contribution >= 4 is 0 Å². The van der Waals surface area contributed by atoms with Gasteiger partial charge in [-0.1, -0.05) is 13.8 Å². The zero-order valence-corrected chi connectivity index (χ0v) is 16.7. The van der Waals surface area contributed by atoms with E-state index in [2.05, 4.69) is 47.5 Å². The van der Waals surface area contributed by atoms with Crippen LogP contribution in [0.25, 0.3) is 0 Å². The first kappa shape index (κ1) is 20.9. The van der Waals surface area contributed by atoms with Gasteiger partial charge in [0.1, 0.15) is 0 Å². The van der Waals surface area contributed by atoms with Gasteiger partial charge >= 0.3 is 0 Å². The second-order valence-corrected chi connectivity index (χ2v) is 7.52. The summed E-state index contributed by atoms with van der Waals surface area (Å²) in [5.41, 5.74) is 0. The Hall–Kier alpha value is -0.160. The molecular weight excluding hydrogens is 284 g/mol. The van der Waals surface area contributed by atoms with Crippen LogP contribution in [0, 0.1) is 5.92 Å². The van der Waals surface area contributed by atoms with Crippen LogP contribution in [-0.2, 0) is 0 Å². The first-order chi connectivity index (χ1) is 11.0. The molecule has 0 aromatic carbocycles. The molecule has 138 valence electrons. The molecule has 2 rings (SSSR count). The van der Waals surface area contributed by atoms with Gasteiger partial charge in [0.2, 0.25) is 0 Å². The fourth-order valence-corrected chi connectivity index (χ4v) is 3.56. The molecule has 0 amide bonds. The van der Waals surface area contributed by atoms with E-state index in [9.17, 15) is 0 Å². The maximum Gasteiger partial charge on any atom is 0.0113 e. The van der Waals surface area contributed by atoms with Crippen molar-refractivity contribution in [2.24, 2.45) is 5.92 Å². The Labute approximate surface area is 145 Å². The van der Waals surface area contributed by atoms with Gasteiger partial charge in [-0.05, 0) is 59.8 Å². The average Bonchev–Trinajstić information content (AvgIpc) is 2.56. The lowest BCUT2D eigenvalue weighted by Gasteiger charge is -2.40. The van der Waals surface area contributed by atoms with Crippen LogP contribution >= 0.6 is 0 Å². The van der Waals surface area contributed by atoms with Crippen molar-refractivity contribution in [3.05, 3.63) is 0 Å². The number of piperazine rings is 1. The number of rotatable bonds is 6. The van der Waals surface area contributed by atoms with E-state index in [1.54, 1.807) is 0 Å². The van der Waals surface area contributed by atoms with E-state index in [1.165, 1.54) is 71.7 Å². The molecule has 0 radical (unpaired) electrons. The summed E-state index contributed by atoms with van der Waals surface area (Å²) in [5.74, 6) is 0.936. The van der Waals surface area contributed by atoms with E-state index in [0.717, 1.165) is 5.92 Å². The lowest BCUT2D eigenvalue weighted by Crippen LogP contribution is -2.50. The lowest BCUT2D eigenvalue weighted by molar-refractivity contribution is 0.0800. The Morgan fingerprint density at radius 3 is 1.91 bits per heavy atom. The van der Waals surface area contributed by atoms with Gasteiger partial charge < -0.3 is 14.7 Å². The zero-order chi connectivity index (χ0) is 17.2.